The van der Waals surface area contributed by atoms with Crippen LogP contribution in [0.2, 0.25) is 5.02 Å². The molecular weight excluding hydrogens is 320 g/mol. The zero-order valence-corrected chi connectivity index (χ0v) is 12.5. The van der Waals surface area contributed by atoms with Crippen molar-refractivity contribution in [1.29, 1.82) is 0 Å². The molecule has 0 aliphatic heterocycles. The fraction of sp³-hybridized carbons (Fsp3) is 0.0625. The predicted molar refractivity (Wildman–Crippen MR) is 85.0 cm³/mol. The van der Waals surface area contributed by atoms with Gasteiger partial charge in [-0.3, -0.25) is 10.1 Å². The summed E-state index contributed by atoms with van der Waals surface area (Å²) in [7, 11) is 0. The fourth-order valence-electron chi connectivity index (χ4n) is 2.31. The molecule has 0 saturated carbocycles. The molecule has 2 aromatic carbocycles. The van der Waals surface area contributed by atoms with Gasteiger partial charge in [-0.2, -0.15) is 0 Å². The van der Waals surface area contributed by atoms with Gasteiger partial charge < -0.3 is 9.63 Å². The van der Waals surface area contributed by atoms with E-state index in [4.69, 9.17) is 16.1 Å². The smallest absolute Gasteiger partial charge is 0.270 e. The van der Waals surface area contributed by atoms with E-state index in [2.05, 4.69) is 5.16 Å². The Labute approximate surface area is 136 Å². The number of non-ortho nitro benzene ring substituents is 1. The first-order valence-electron chi connectivity index (χ1n) is 6.70. The Balaban J connectivity index is 2.12. The monoisotopic (exact) mass is 330 g/mol. The maximum Gasteiger partial charge on any atom is 0.270 e. The van der Waals surface area contributed by atoms with Gasteiger partial charge in [0, 0.05) is 28.3 Å². The predicted octanol–water partition coefficient (Wildman–Crippen LogP) is 4.06. The SMILES string of the molecule is O=[N+]([O-])c1cccc(-c2onc(-c3cccc(Cl)c3)c2CO)c1. The number of aromatic nitrogens is 1. The number of nitrogens with zero attached hydrogens (tertiary/aromatic N) is 2. The second kappa shape index (κ2) is 6.20. The Bertz CT molecular complexity index is 876. The summed E-state index contributed by atoms with van der Waals surface area (Å²) in [6.07, 6.45) is 0. The van der Waals surface area contributed by atoms with E-state index in [1.807, 2.05) is 0 Å². The highest BCUT2D eigenvalue weighted by molar-refractivity contribution is 6.30. The molecule has 0 bridgehead atoms. The molecule has 116 valence electrons. The molecule has 1 heterocycles. The van der Waals surface area contributed by atoms with Gasteiger partial charge in [0.25, 0.3) is 5.69 Å². The number of rotatable bonds is 4. The highest BCUT2D eigenvalue weighted by Gasteiger charge is 2.20. The molecule has 0 fully saturated rings. The Morgan fingerprint density at radius 3 is 2.61 bits per heavy atom. The first kappa shape index (κ1) is 15.2. The molecule has 0 aliphatic carbocycles. The van der Waals surface area contributed by atoms with Gasteiger partial charge in [0.2, 0.25) is 0 Å². The van der Waals surface area contributed by atoms with Crippen LogP contribution in [0.15, 0.2) is 53.1 Å². The van der Waals surface area contributed by atoms with E-state index in [9.17, 15) is 15.2 Å². The van der Waals surface area contributed by atoms with E-state index in [0.29, 0.717) is 33.2 Å². The first-order valence-corrected chi connectivity index (χ1v) is 7.08. The zero-order valence-electron chi connectivity index (χ0n) is 11.8. The van der Waals surface area contributed by atoms with Crippen LogP contribution in [0.1, 0.15) is 5.56 Å². The third-order valence-corrected chi connectivity index (χ3v) is 3.60. The van der Waals surface area contributed by atoms with Crippen molar-refractivity contribution in [2.45, 2.75) is 6.61 Å². The number of nitro benzene ring substituents is 1. The van der Waals surface area contributed by atoms with Crippen LogP contribution in [0.3, 0.4) is 0 Å². The molecule has 0 saturated heterocycles. The third-order valence-electron chi connectivity index (χ3n) is 3.36. The van der Waals surface area contributed by atoms with E-state index < -0.39 is 4.92 Å². The highest BCUT2D eigenvalue weighted by Crippen LogP contribution is 2.34. The topological polar surface area (TPSA) is 89.4 Å². The summed E-state index contributed by atoms with van der Waals surface area (Å²) >= 11 is 5.97. The minimum atomic E-state index is -0.490. The minimum Gasteiger partial charge on any atom is -0.391 e. The molecule has 23 heavy (non-hydrogen) atoms. The van der Waals surface area contributed by atoms with Crippen LogP contribution in [0.4, 0.5) is 5.69 Å². The van der Waals surface area contributed by atoms with Crippen LogP contribution in [-0.2, 0) is 6.61 Å². The second-order valence-electron chi connectivity index (χ2n) is 4.81. The van der Waals surface area contributed by atoms with Crippen molar-refractivity contribution in [3.05, 3.63) is 69.2 Å². The summed E-state index contributed by atoms with van der Waals surface area (Å²) in [5.41, 5.74) is 2.02. The summed E-state index contributed by atoms with van der Waals surface area (Å²) in [5.74, 6) is 0.297. The molecule has 7 heteroatoms. The van der Waals surface area contributed by atoms with Gasteiger partial charge in [-0.25, -0.2) is 0 Å². The number of benzene rings is 2. The maximum absolute atomic E-state index is 10.9. The summed E-state index contributed by atoms with van der Waals surface area (Å²) in [4.78, 5) is 10.4. The Kier molecular flexibility index (Phi) is 4.10. The van der Waals surface area contributed by atoms with E-state index >= 15 is 0 Å². The highest BCUT2D eigenvalue weighted by atomic mass is 35.5. The molecule has 6 nitrogen and oxygen atoms in total. The Morgan fingerprint density at radius 1 is 1.17 bits per heavy atom. The second-order valence-corrected chi connectivity index (χ2v) is 5.25. The van der Waals surface area contributed by atoms with Crippen molar-refractivity contribution >= 4 is 17.3 Å². The van der Waals surface area contributed by atoms with Crippen molar-refractivity contribution in [2.75, 3.05) is 0 Å². The van der Waals surface area contributed by atoms with Crippen molar-refractivity contribution < 1.29 is 14.6 Å². The summed E-state index contributed by atoms with van der Waals surface area (Å²) < 4.78 is 5.33. The molecule has 1 N–H and O–H groups in total. The molecule has 1 aromatic heterocycles. The van der Waals surface area contributed by atoms with E-state index in [1.165, 1.54) is 12.1 Å². The Hall–Kier alpha value is -2.70. The van der Waals surface area contributed by atoms with Gasteiger partial charge in [-0.05, 0) is 12.1 Å². The first-order chi connectivity index (χ1) is 11.1. The van der Waals surface area contributed by atoms with Gasteiger partial charge >= 0.3 is 0 Å². The normalized spacial score (nSPS) is 10.7. The van der Waals surface area contributed by atoms with Gasteiger partial charge in [-0.1, -0.05) is 41.0 Å². The number of aliphatic hydroxyl groups excluding tert-OH is 1. The van der Waals surface area contributed by atoms with Gasteiger partial charge in [0.15, 0.2) is 5.76 Å². The molecule has 0 spiro atoms. The summed E-state index contributed by atoms with van der Waals surface area (Å²) in [6, 6.07) is 13.0. The number of hydrogen-bond donors (Lipinski definition) is 1. The fourth-order valence-corrected chi connectivity index (χ4v) is 2.50. The third kappa shape index (κ3) is 2.94. The van der Waals surface area contributed by atoms with Crippen LogP contribution in [0.5, 0.6) is 0 Å². The van der Waals surface area contributed by atoms with E-state index in [1.54, 1.807) is 36.4 Å². The number of halogens is 1. The molecule has 3 aromatic rings. The average molecular weight is 331 g/mol. The lowest BCUT2D eigenvalue weighted by atomic mass is 10.0. The Morgan fingerprint density at radius 2 is 1.91 bits per heavy atom. The van der Waals surface area contributed by atoms with Crippen molar-refractivity contribution in [2.24, 2.45) is 0 Å². The molecule has 3 rings (SSSR count). The lowest BCUT2D eigenvalue weighted by molar-refractivity contribution is -0.384. The molecule has 0 aliphatic rings. The molecular formula is C16H11ClN2O4. The van der Waals surface area contributed by atoms with Crippen molar-refractivity contribution in [3.8, 4) is 22.6 Å². The van der Waals surface area contributed by atoms with Gasteiger partial charge in [-0.15, -0.1) is 0 Å². The standard InChI is InChI=1S/C16H11ClN2O4/c17-12-5-1-3-10(7-12)15-14(9-20)16(23-18-15)11-4-2-6-13(8-11)19(21)22/h1-8,20H,9H2. The van der Waals surface area contributed by atoms with Crippen LogP contribution >= 0.6 is 11.6 Å². The van der Waals surface area contributed by atoms with E-state index in [0.717, 1.165) is 0 Å². The molecule has 0 atom stereocenters. The van der Waals surface area contributed by atoms with Gasteiger partial charge in [0.1, 0.15) is 5.69 Å². The van der Waals surface area contributed by atoms with E-state index in [-0.39, 0.29) is 12.3 Å². The maximum atomic E-state index is 10.9. The summed E-state index contributed by atoms with van der Waals surface area (Å²) in [5, 5.41) is 25.1. The van der Waals surface area contributed by atoms with Gasteiger partial charge in [0.05, 0.1) is 17.1 Å². The average Bonchev–Trinajstić information content (AvgIpc) is 2.99. The van der Waals surface area contributed by atoms with Crippen LogP contribution < -0.4 is 0 Å². The molecule has 0 amide bonds. The largest absolute Gasteiger partial charge is 0.391 e. The number of nitro groups is 1. The van der Waals surface area contributed by atoms with Crippen molar-refractivity contribution in [3.63, 3.8) is 0 Å². The number of hydrogen-bond acceptors (Lipinski definition) is 5. The van der Waals surface area contributed by atoms with Crippen LogP contribution in [0, 0.1) is 10.1 Å². The van der Waals surface area contributed by atoms with Crippen LogP contribution in [0.25, 0.3) is 22.6 Å². The summed E-state index contributed by atoms with van der Waals surface area (Å²) in [6.45, 7) is -0.316. The minimum absolute atomic E-state index is 0.0629. The van der Waals surface area contributed by atoms with Crippen LogP contribution in [-0.4, -0.2) is 15.2 Å². The number of aliphatic hydroxyl groups is 1. The lowest BCUT2D eigenvalue weighted by Crippen LogP contribution is -1.91. The lowest BCUT2D eigenvalue weighted by Gasteiger charge is -2.02. The molecule has 0 radical (unpaired) electrons. The van der Waals surface area contributed by atoms with Crippen molar-refractivity contribution in [1.82, 2.24) is 5.16 Å². The zero-order chi connectivity index (χ0) is 16.4. The quantitative estimate of drug-likeness (QED) is 0.575. The molecule has 0 unspecified atom stereocenters.